The van der Waals surface area contributed by atoms with Gasteiger partial charge in [-0.25, -0.2) is 0 Å². The summed E-state index contributed by atoms with van der Waals surface area (Å²) in [5, 5.41) is 8.19. The van der Waals surface area contributed by atoms with Gasteiger partial charge >= 0.3 is 6.36 Å². The summed E-state index contributed by atoms with van der Waals surface area (Å²) >= 11 is 1.49. The van der Waals surface area contributed by atoms with Gasteiger partial charge < -0.3 is 14.9 Å². The number of carbonyl (C=O) groups excluding carboxylic acids is 1. The Morgan fingerprint density at radius 1 is 1.25 bits per heavy atom. The Balaban J connectivity index is 1.81. The molecule has 0 unspecified atom stereocenters. The Hall–Kier alpha value is -2.55. The minimum Gasteiger partial charge on any atom is -0.406 e. The molecule has 0 aliphatic rings. The van der Waals surface area contributed by atoms with E-state index in [2.05, 4.69) is 15.2 Å². The van der Waals surface area contributed by atoms with Crippen molar-refractivity contribution in [3.63, 3.8) is 0 Å². The van der Waals surface area contributed by atoms with E-state index in [1.165, 1.54) is 23.5 Å². The second-order valence-corrected chi connectivity index (χ2v) is 5.50. The topological polar surface area (TPSA) is 59.9 Å². The number of alkyl halides is 3. The second kappa shape index (κ2) is 7.82. The van der Waals surface area contributed by atoms with Crippen molar-refractivity contribution in [2.24, 2.45) is 5.16 Å². The quantitative estimate of drug-likeness (QED) is 0.627. The summed E-state index contributed by atoms with van der Waals surface area (Å²) in [5.41, 5.74) is 0.962. The number of hydrogen-bond donors (Lipinski definition) is 1. The average Bonchev–Trinajstić information content (AvgIpc) is 3.02. The number of rotatable bonds is 6. The van der Waals surface area contributed by atoms with E-state index in [9.17, 15) is 18.0 Å². The third kappa shape index (κ3) is 5.92. The Morgan fingerprint density at radius 2 is 1.96 bits per heavy atom. The summed E-state index contributed by atoms with van der Waals surface area (Å²) in [5.74, 6) is -0.852. The fourth-order valence-electron chi connectivity index (χ4n) is 1.65. The molecule has 5 nitrogen and oxygen atoms in total. The summed E-state index contributed by atoms with van der Waals surface area (Å²) in [6, 6.07) is 8.53. The highest BCUT2D eigenvalue weighted by Gasteiger charge is 2.30. The fraction of sp³-hybridized carbons (Fsp3) is 0.200. The number of amides is 1. The largest absolute Gasteiger partial charge is 0.573 e. The summed E-state index contributed by atoms with van der Waals surface area (Å²) < 4.78 is 39.8. The van der Waals surface area contributed by atoms with Gasteiger partial charge in [0.25, 0.3) is 5.91 Å². The van der Waals surface area contributed by atoms with Crippen LogP contribution in [0.3, 0.4) is 0 Å². The van der Waals surface area contributed by atoms with Crippen LogP contribution in [0.2, 0.25) is 0 Å². The van der Waals surface area contributed by atoms with Crippen LogP contribution in [0.15, 0.2) is 46.9 Å². The van der Waals surface area contributed by atoms with Gasteiger partial charge in [-0.3, -0.25) is 4.79 Å². The number of nitrogens with zero attached hydrogens (tertiary/aromatic N) is 1. The number of anilines is 1. The third-order valence-corrected chi connectivity index (χ3v) is 3.63. The van der Waals surface area contributed by atoms with E-state index in [1.54, 1.807) is 6.92 Å². The van der Waals surface area contributed by atoms with Gasteiger partial charge in [0.15, 0.2) is 6.61 Å². The highest BCUT2D eigenvalue weighted by molar-refractivity contribution is 7.12. The predicted molar refractivity (Wildman–Crippen MR) is 84.2 cm³/mol. The number of nitrogens with one attached hydrogen (secondary N) is 1. The van der Waals surface area contributed by atoms with E-state index >= 15 is 0 Å². The lowest BCUT2D eigenvalue weighted by Crippen LogP contribution is -2.18. The first kappa shape index (κ1) is 17.8. The van der Waals surface area contributed by atoms with Crippen LogP contribution in [0.5, 0.6) is 5.75 Å². The zero-order valence-corrected chi connectivity index (χ0v) is 13.3. The molecule has 128 valence electrons. The first-order valence-electron chi connectivity index (χ1n) is 6.69. The van der Waals surface area contributed by atoms with E-state index in [4.69, 9.17) is 4.84 Å². The van der Waals surface area contributed by atoms with Gasteiger partial charge in [-0.2, -0.15) is 0 Å². The molecule has 0 aliphatic carbocycles. The van der Waals surface area contributed by atoms with E-state index in [0.29, 0.717) is 11.4 Å². The summed E-state index contributed by atoms with van der Waals surface area (Å²) in [6.45, 7) is 1.44. The molecule has 2 rings (SSSR count). The van der Waals surface area contributed by atoms with Crippen molar-refractivity contribution in [3.05, 3.63) is 46.7 Å². The summed E-state index contributed by atoms with van der Waals surface area (Å²) in [4.78, 5) is 17.6. The van der Waals surface area contributed by atoms with Crippen molar-refractivity contribution in [3.8, 4) is 5.75 Å². The van der Waals surface area contributed by atoms with Crippen LogP contribution < -0.4 is 10.1 Å². The molecule has 0 saturated carbocycles. The molecule has 0 aliphatic heterocycles. The minimum atomic E-state index is -4.75. The molecule has 24 heavy (non-hydrogen) atoms. The molecule has 1 N–H and O–H groups in total. The highest BCUT2D eigenvalue weighted by Crippen LogP contribution is 2.23. The first-order valence-corrected chi connectivity index (χ1v) is 7.57. The van der Waals surface area contributed by atoms with Crippen molar-refractivity contribution < 1.29 is 27.5 Å². The van der Waals surface area contributed by atoms with E-state index < -0.39 is 12.3 Å². The lowest BCUT2D eigenvalue weighted by Gasteiger charge is -2.09. The van der Waals surface area contributed by atoms with Crippen molar-refractivity contribution in [2.45, 2.75) is 13.3 Å². The van der Waals surface area contributed by atoms with Crippen molar-refractivity contribution >= 4 is 28.6 Å². The molecule has 2 aromatic rings. The molecule has 0 spiro atoms. The lowest BCUT2D eigenvalue weighted by atomic mass is 10.3. The Bertz CT molecular complexity index is 698. The molecule has 1 aromatic heterocycles. The fourth-order valence-corrected chi connectivity index (χ4v) is 2.32. The molecule has 1 heterocycles. The Kier molecular flexibility index (Phi) is 5.80. The number of halogens is 3. The van der Waals surface area contributed by atoms with Gasteiger partial charge in [0.2, 0.25) is 0 Å². The maximum atomic E-state index is 12.0. The summed E-state index contributed by atoms with van der Waals surface area (Å²) in [7, 11) is 0. The van der Waals surface area contributed by atoms with Crippen LogP contribution in [0.4, 0.5) is 18.9 Å². The SMILES string of the molecule is C/C(=N/OCC(=O)Nc1ccc(OC(F)(F)F)cc1)c1cccs1. The molecule has 0 radical (unpaired) electrons. The van der Waals surface area contributed by atoms with Gasteiger partial charge in [0, 0.05) is 5.69 Å². The van der Waals surface area contributed by atoms with E-state index in [-0.39, 0.29) is 12.4 Å². The van der Waals surface area contributed by atoms with Crippen LogP contribution in [0.25, 0.3) is 0 Å². The van der Waals surface area contributed by atoms with Crippen molar-refractivity contribution in [2.75, 3.05) is 11.9 Å². The minimum absolute atomic E-state index is 0.316. The van der Waals surface area contributed by atoms with Gasteiger partial charge in [0.05, 0.1) is 10.6 Å². The molecule has 1 aromatic carbocycles. The highest BCUT2D eigenvalue weighted by atomic mass is 32.1. The van der Waals surface area contributed by atoms with Crippen molar-refractivity contribution in [1.29, 1.82) is 0 Å². The number of oxime groups is 1. The average molecular weight is 358 g/mol. The number of ether oxygens (including phenoxy) is 1. The molecule has 0 atom stereocenters. The normalized spacial score (nSPS) is 11.9. The maximum Gasteiger partial charge on any atom is 0.573 e. The van der Waals surface area contributed by atoms with E-state index in [1.807, 2.05) is 17.5 Å². The number of carbonyl (C=O) groups is 1. The Labute approximate surface area is 139 Å². The predicted octanol–water partition coefficient (Wildman–Crippen LogP) is 4.03. The molecular weight excluding hydrogens is 345 g/mol. The summed E-state index contributed by atoms with van der Waals surface area (Å²) in [6.07, 6.45) is -4.75. The number of benzene rings is 1. The third-order valence-electron chi connectivity index (χ3n) is 2.65. The number of thiophene rings is 1. The zero-order chi connectivity index (χ0) is 17.6. The monoisotopic (exact) mass is 358 g/mol. The van der Waals surface area contributed by atoms with Crippen LogP contribution in [-0.2, 0) is 9.63 Å². The molecule has 0 fully saturated rings. The molecule has 0 saturated heterocycles. The van der Waals surface area contributed by atoms with Crippen LogP contribution >= 0.6 is 11.3 Å². The van der Waals surface area contributed by atoms with Gasteiger partial charge in [-0.15, -0.1) is 24.5 Å². The zero-order valence-electron chi connectivity index (χ0n) is 12.5. The van der Waals surface area contributed by atoms with E-state index in [0.717, 1.165) is 17.0 Å². The lowest BCUT2D eigenvalue weighted by molar-refractivity contribution is -0.274. The maximum absolute atomic E-state index is 12.0. The standard InChI is InChI=1S/C15H13F3N2O3S/c1-10(13-3-2-8-24-13)20-22-9-14(21)19-11-4-6-12(7-5-11)23-15(16,17)18/h2-8H,9H2,1H3,(H,19,21)/b20-10-. The molecular formula is C15H13F3N2O3S. The van der Waals surface area contributed by atoms with Gasteiger partial charge in [0.1, 0.15) is 5.75 Å². The number of hydrogen-bond acceptors (Lipinski definition) is 5. The van der Waals surface area contributed by atoms with Crippen LogP contribution in [-0.4, -0.2) is 24.6 Å². The second-order valence-electron chi connectivity index (χ2n) is 4.55. The van der Waals surface area contributed by atoms with Crippen LogP contribution in [0, 0.1) is 0 Å². The van der Waals surface area contributed by atoms with Crippen molar-refractivity contribution in [1.82, 2.24) is 0 Å². The smallest absolute Gasteiger partial charge is 0.406 e. The molecule has 0 bridgehead atoms. The first-order chi connectivity index (χ1) is 11.3. The van der Waals surface area contributed by atoms with Gasteiger partial charge in [-0.05, 0) is 42.6 Å². The molecule has 9 heteroatoms. The van der Waals surface area contributed by atoms with Gasteiger partial charge in [-0.1, -0.05) is 11.2 Å². The van der Waals surface area contributed by atoms with Crippen LogP contribution in [0.1, 0.15) is 11.8 Å². The Morgan fingerprint density at radius 3 is 2.54 bits per heavy atom. The molecule has 1 amide bonds.